The number of rotatable bonds is 0. The third-order valence-electron chi connectivity index (χ3n) is 4.94. The second-order valence-electron chi connectivity index (χ2n) is 6.49. The van der Waals surface area contributed by atoms with Gasteiger partial charge in [-0.25, -0.2) is 4.98 Å². The van der Waals surface area contributed by atoms with Gasteiger partial charge in [0.05, 0.1) is 6.20 Å². The van der Waals surface area contributed by atoms with E-state index in [4.69, 9.17) is 5.26 Å². The summed E-state index contributed by atoms with van der Waals surface area (Å²) >= 11 is 0. The fourth-order valence-corrected chi connectivity index (χ4v) is 3.70. The van der Waals surface area contributed by atoms with Gasteiger partial charge in [0.2, 0.25) is 0 Å². The molecule has 126 valence electrons. The lowest BCUT2D eigenvalue weighted by Gasteiger charge is -2.18. The van der Waals surface area contributed by atoms with Crippen LogP contribution in [0.2, 0.25) is 0 Å². The molecule has 1 aromatic heterocycles. The number of hydrogen-bond acceptors (Lipinski definition) is 3. The van der Waals surface area contributed by atoms with E-state index in [1.165, 1.54) is 65.8 Å². The highest BCUT2D eigenvalue weighted by molar-refractivity contribution is 6.08. The van der Waals surface area contributed by atoms with E-state index in [9.17, 15) is 0 Å². The van der Waals surface area contributed by atoms with Gasteiger partial charge in [0.25, 0.3) is 0 Å². The third kappa shape index (κ3) is 3.14. The molecule has 0 saturated heterocycles. The summed E-state index contributed by atoms with van der Waals surface area (Å²) in [6, 6.07) is 19.8. The second-order valence-corrected chi connectivity index (χ2v) is 6.49. The number of benzene rings is 3. The first-order chi connectivity index (χ1) is 12.9. The molecule has 0 amide bonds. The maximum Gasteiger partial charge on any atom is 0.158 e. The first kappa shape index (κ1) is 16.2. The highest BCUT2D eigenvalue weighted by Crippen LogP contribution is 2.33. The molecule has 0 unspecified atom stereocenters. The van der Waals surface area contributed by atoms with E-state index < -0.39 is 0 Å². The molecule has 1 aliphatic carbocycles. The van der Waals surface area contributed by atoms with E-state index >= 15 is 0 Å². The summed E-state index contributed by atoms with van der Waals surface area (Å²) in [5.41, 5.74) is 3.53. The summed E-state index contributed by atoms with van der Waals surface area (Å²) in [7, 11) is 0. The Morgan fingerprint density at radius 1 is 0.808 bits per heavy atom. The predicted molar refractivity (Wildman–Crippen MR) is 105 cm³/mol. The molecule has 1 heterocycles. The first-order valence-corrected chi connectivity index (χ1v) is 8.95. The zero-order valence-electron chi connectivity index (χ0n) is 14.5. The van der Waals surface area contributed by atoms with Gasteiger partial charge in [-0.3, -0.25) is 4.98 Å². The molecule has 26 heavy (non-hydrogen) atoms. The molecule has 0 radical (unpaired) electrons. The van der Waals surface area contributed by atoms with Crippen LogP contribution in [-0.4, -0.2) is 9.97 Å². The smallest absolute Gasteiger partial charge is 0.158 e. The normalized spacial score (nSPS) is 12.7. The molecular formula is C23H19N3. The van der Waals surface area contributed by atoms with Gasteiger partial charge in [0.15, 0.2) is 5.69 Å². The Labute approximate surface area is 153 Å². The first-order valence-electron chi connectivity index (χ1n) is 8.95. The fraction of sp³-hybridized carbons (Fsp3) is 0.174. The number of fused-ring (bicyclic) bond motifs is 5. The van der Waals surface area contributed by atoms with Gasteiger partial charge in [-0.15, -0.1) is 0 Å². The lowest BCUT2D eigenvalue weighted by Crippen LogP contribution is -2.02. The van der Waals surface area contributed by atoms with Crippen molar-refractivity contribution in [3.8, 4) is 6.07 Å². The lowest BCUT2D eigenvalue weighted by molar-refractivity contribution is 0.690. The molecule has 0 spiro atoms. The minimum Gasteiger partial charge on any atom is -0.260 e. The van der Waals surface area contributed by atoms with Crippen LogP contribution in [0.4, 0.5) is 0 Å². The van der Waals surface area contributed by atoms with E-state index in [1.807, 2.05) is 6.07 Å². The number of hydrogen-bond donors (Lipinski definition) is 0. The van der Waals surface area contributed by atoms with Crippen molar-refractivity contribution < 1.29 is 0 Å². The van der Waals surface area contributed by atoms with E-state index in [2.05, 4.69) is 58.5 Å². The van der Waals surface area contributed by atoms with Gasteiger partial charge in [0, 0.05) is 12.4 Å². The van der Waals surface area contributed by atoms with Crippen molar-refractivity contribution in [2.24, 2.45) is 0 Å². The second kappa shape index (κ2) is 7.33. The van der Waals surface area contributed by atoms with Crippen LogP contribution in [0.25, 0.3) is 21.5 Å². The van der Waals surface area contributed by atoms with E-state index in [-0.39, 0.29) is 0 Å². The van der Waals surface area contributed by atoms with Gasteiger partial charge in [-0.2, -0.15) is 5.26 Å². The monoisotopic (exact) mass is 337 g/mol. The number of aromatic nitrogens is 2. The Morgan fingerprint density at radius 2 is 1.65 bits per heavy atom. The van der Waals surface area contributed by atoms with Crippen molar-refractivity contribution in [1.82, 2.24) is 9.97 Å². The summed E-state index contributed by atoms with van der Waals surface area (Å²) in [4.78, 5) is 7.34. The van der Waals surface area contributed by atoms with E-state index in [0.717, 1.165) is 0 Å². The molecule has 3 aromatic carbocycles. The Balaban J connectivity index is 0.000000178. The molecule has 5 rings (SSSR count). The summed E-state index contributed by atoms with van der Waals surface area (Å²) < 4.78 is 0. The minimum absolute atomic E-state index is 0.354. The quantitative estimate of drug-likeness (QED) is 0.413. The minimum atomic E-state index is 0.354. The van der Waals surface area contributed by atoms with Gasteiger partial charge < -0.3 is 0 Å². The third-order valence-corrected chi connectivity index (χ3v) is 4.94. The average molecular weight is 337 g/mol. The summed E-state index contributed by atoms with van der Waals surface area (Å²) in [6.07, 6.45) is 9.65. The Kier molecular flexibility index (Phi) is 4.57. The molecule has 0 atom stereocenters. The number of aryl methyl sites for hydroxylation is 2. The Bertz CT molecular complexity index is 1090. The molecule has 0 N–H and O–H groups in total. The van der Waals surface area contributed by atoms with Crippen LogP contribution in [0, 0.1) is 11.3 Å². The van der Waals surface area contributed by atoms with Crippen LogP contribution < -0.4 is 0 Å². The Morgan fingerprint density at radius 3 is 2.46 bits per heavy atom. The number of nitrogens with zero attached hydrogens (tertiary/aromatic N) is 3. The van der Waals surface area contributed by atoms with Crippen LogP contribution in [0.3, 0.4) is 0 Å². The zero-order chi connectivity index (χ0) is 17.8. The molecule has 0 fully saturated rings. The van der Waals surface area contributed by atoms with Crippen molar-refractivity contribution in [2.75, 3.05) is 0 Å². The summed E-state index contributed by atoms with van der Waals surface area (Å²) in [6.45, 7) is 0. The van der Waals surface area contributed by atoms with Crippen LogP contribution in [0.1, 0.15) is 29.7 Å². The standard InChI is InChI=1S/C18H16.C5H3N3/c1-3-7-15-13(5-1)9-11-18-16-8-4-2-6-14(16)10-12-17(15)18;6-3-5-4-7-1-2-8-5/h1,3,5,7,9-12H,2,4,6,8H2;1-2,4H. The van der Waals surface area contributed by atoms with Crippen LogP contribution in [-0.2, 0) is 12.8 Å². The van der Waals surface area contributed by atoms with Crippen LogP contribution >= 0.6 is 0 Å². The zero-order valence-corrected chi connectivity index (χ0v) is 14.5. The summed E-state index contributed by atoms with van der Waals surface area (Å²) in [5.74, 6) is 0. The van der Waals surface area contributed by atoms with Crippen LogP contribution in [0.15, 0.2) is 67.1 Å². The molecule has 0 saturated carbocycles. The predicted octanol–water partition coefficient (Wildman–Crippen LogP) is 5.22. The largest absolute Gasteiger partial charge is 0.260 e. The molecule has 0 aliphatic heterocycles. The maximum absolute atomic E-state index is 8.19. The summed E-state index contributed by atoms with van der Waals surface area (Å²) in [5, 5.41) is 13.8. The van der Waals surface area contributed by atoms with E-state index in [1.54, 1.807) is 11.1 Å². The van der Waals surface area contributed by atoms with Crippen LogP contribution in [0.5, 0.6) is 0 Å². The topological polar surface area (TPSA) is 49.6 Å². The van der Waals surface area contributed by atoms with Crippen molar-refractivity contribution >= 4 is 21.5 Å². The van der Waals surface area contributed by atoms with Gasteiger partial charge in [0.1, 0.15) is 6.07 Å². The molecule has 4 aromatic rings. The molecule has 1 aliphatic rings. The maximum atomic E-state index is 8.19. The molecule has 0 bridgehead atoms. The van der Waals surface area contributed by atoms with Crippen molar-refractivity contribution in [3.05, 3.63) is 83.9 Å². The fourth-order valence-electron chi connectivity index (χ4n) is 3.70. The van der Waals surface area contributed by atoms with Crippen molar-refractivity contribution in [3.63, 3.8) is 0 Å². The molecular weight excluding hydrogens is 318 g/mol. The highest BCUT2D eigenvalue weighted by Gasteiger charge is 2.13. The SMILES string of the molecule is N#Cc1cnccn1.c1ccc2c(c1)ccc1c3c(ccc12)CCCC3. The lowest BCUT2D eigenvalue weighted by atomic mass is 9.86. The van der Waals surface area contributed by atoms with Gasteiger partial charge in [-0.05, 0) is 58.4 Å². The highest BCUT2D eigenvalue weighted by atomic mass is 14.8. The van der Waals surface area contributed by atoms with Crippen molar-refractivity contribution in [1.29, 1.82) is 5.26 Å². The van der Waals surface area contributed by atoms with Crippen molar-refractivity contribution in [2.45, 2.75) is 25.7 Å². The number of nitriles is 1. The molecule has 3 heteroatoms. The van der Waals surface area contributed by atoms with Gasteiger partial charge >= 0.3 is 0 Å². The Hall–Kier alpha value is -3.25. The average Bonchev–Trinajstić information content (AvgIpc) is 2.74. The molecule has 3 nitrogen and oxygen atoms in total. The van der Waals surface area contributed by atoms with Gasteiger partial charge in [-0.1, -0.05) is 48.5 Å². The van der Waals surface area contributed by atoms with E-state index in [0.29, 0.717) is 5.69 Å².